The van der Waals surface area contributed by atoms with Crippen LogP contribution >= 0.6 is 0 Å². The zero-order valence-corrected chi connectivity index (χ0v) is 17.9. The Hall–Kier alpha value is -2.50. The number of unbranched alkanes of at least 4 members (excludes halogenated alkanes) is 1. The summed E-state index contributed by atoms with van der Waals surface area (Å²) in [6, 6.07) is 7.61. The largest absolute Gasteiger partial charge is 0.494 e. The van der Waals surface area contributed by atoms with Gasteiger partial charge >= 0.3 is 6.03 Å². The van der Waals surface area contributed by atoms with Gasteiger partial charge in [0.1, 0.15) is 11.6 Å². The van der Waals surface area contributed by atoms with Crippen molar-refractivity contribution in [2.75, 3.05) is 25.0 Å². The van der Waals surface area contributed by atoms with Gasteiger partial charge in [0.05, 0.1) is 6.61 Å². The van der Waals surface area contributed by atoms with Gasteiger partial charge in [0.15, 0.2) is 0 Å². The highest BCUT2D eigenvalue weighted by atomic mass is 16.5. The molecule has 158 valence electrons. The average Bonchev–Trinajstić information content (AvgIpc) is 3.18. The molecule has 1 aromatic carbocycles. The van der Waals surface area contributed by atoms with Crippen molar-refractivity contribution < 1.29 is 9.53 Å². The zero-order chi connectivity index (χ0) is 20.6. The maximum Gasteiger partial charge on any atom is 0.321 e. The summed E-state index contributed by atoms with van der Waals surface area (Å²) in [5, 5.41) is 3.01. The van der Waals surface area contributed by atoms with Crippen LogP contribution in [0.2, 0.25) is 0 Å². The third-order valence-electron chi connectivity index (χ3n) is 5.49. The molecule has 0 saturated carbocycles. The van der Waals surface area contributed by atoms with Crippen LogP contribution < -0.4 is 10.1 Å². The van der Waals surface area contributed by atoms with Crippen LogP contribution in [0.25, 0.3) is 0 Å². The molecule has 1 N–H and O–H groups in total. The standard InChI is InChI=1S/C23H34N4O2/c1-4-5-16-29-21-8-6-20(7-9-21)25-23(28)26-13-10-19(11-14-26)17-27-15-12-24-22(27)18(2)3/h6-9,12,15,18-19H,4-5,10-11,13-14,16-17H2,1-3H3,(H,25,28). The highest BCUT2D eigenvalue weighted by molar-refractivity contribution is 5.89. The summed E-state index contributed by atoms with van der Waals surface area (Å²) in [5.41, 5.74) is 0.806. The third-order valence-corrected chi connectivity index (χ3v) is 5.49. The number of carbonyl (C=O) groups excluding carboxylic acids is 1. The number of hydrogen-bond donors (Lipinski definition) is 1. The van der Waals surface area contributed by atoms with Crippen LogP contribution in [-0.2, 0) is 6.54 Å². The van der Waals surface area contributed by atoms with E-state index in [9.17, 15) is 4.79 Å². The second kappa shape index (κ2) is 10.3. The van der Waals surface area contributed by atoms with Gasteiger partial charge in [-0.05, 0) is 49.4 Å². The number of nitrogens with one attached hydrogen (secondary N) is 1. The van der Waals surface area contributed by atoms with Gasteiger partial charge in [0, 0.05) is 43.6 Å². The molecule has 29 heavy (non-hydrogen) atoms. The lowest BCUT2D eigenvalue weighted by molar-refractivity contribution is 0.176. The van der Waals surface area contributed by atoms with E-state index in [1.165, 1.54) is 0 Å². The molecule has 2 heterocycles. The van der Waals surface area contributed by atoms with E-state index in [4.69, 9.17) is 4.74 Å². The molecule has 0 radical (unpaired) electrons. The van der Waals surface area contributed by atoms with Gasteiger partial charge in [0.25, 0.3) is 0 Å². The average molecular weight is 399 g/mol. The van der Waals surface area contributed by atoms with Crippen molar-refractivity contribution in [1.29, 1.82) is 0 Å². The molecular formula is C23H34N4O2. The van der Waals surface area contributed by atoms with E-state index in [0.717, 1.165) is 69.2 Å². The van der Waals surface area contributed by atoms with Crippen molar-refractivity contribution in [3.8, 4) is 5.75 Å². The Labute approximate surface area is 174 Å². The Morgan fingerprint density at radius 3 is 2.62 bits per heavy atom. The Kier molecular flexibility index (Phi) is 7.55. The molecule has 1 aliphatic rings. The fourth-order valence-electron chi connectivity index (χ4n) is 3.74. The molecule has 6 nitrogen and oxygen atoms in total. The van der Waals surface area contributed by atoms with Crippen LogP contribution in [-0.4, -0.2) is 40.2 Å². The maximum atomic E-state index is 12.6. The summed E-state index contributed by atoms with van der Waals surface area (Å²) in [7, 11) is 0. The summed E-state index contributed by atoms with van der Waals surface area (Å²) >= 11 is 0. The summed E-state index contributed by atoms with van der Waals surface area (Å²) in [6.45, 7) is 9.80. The van der Waals surface area contributed by atoms with Crippen molar-refractivity contribution >= 4 is 11.7 Å². The van der Waals surface area contributed by atoms with E-state index in [1.807, 2.05) is 35.4 Å². The van der Waals surface area contributed by atoms with Gasteiger partial charge in [-0.25, -0.2) is 9.78 Å². The maximum absolute atomic E-state index is 12.6. The van der Waals surface area contributed by atoms with E-state index >= 15 is 0 Å². The van der Waals surface area contributed by atoms with Crippen molar-refractivity contribution in [3.63, 3.8) is 0 Å². The zero-order valence-electron chi connectivity index (χ0n) is 17.9. The summed E-state index contributed by atoms with van der Waals surface area (Å²) < 4.78 is 7.94. The summed E-state index contributed by atoms with van der Waals surface area (Å²) in [4.78, 5) is 19.0. The molecule has 1 aliphatic heterocycles. The Balaban J connectivity index is 1.44. The first-order chi connectivity index (χ1) is 14.1. The fraction of sp³-hybridized carbons (Fsp3) is 0.565. The molecule has 1 saturated heterocycles. The predicted molar refractivity (Wildman–Crippen MR) is 116 cm³/mol. The van der Waals surface area contributed by atoms with Crippen molar-refractivity contribution in [3.05, 3.63) is 42.5 Å². The molecule has 1 fully saturated rings. The number of piperidine rings is 1. The number of imidazole rings is 1. The number of hydrogen-bond acceptors (Lipinski definition) is 3. The molecule has 0 aliphatic carbocycles. The van der Waals surface area contributed by atoms with Gasteiger partial charge in [-0.3, -0.25) is 0 Å². The van der Waals surface area contributed by atoms with Crippen LogP contribution in [0.4, 0.5) is 10.5 Å². The topological polar surface area (TPSA) is 59.4 Å². The minimum atomic E-state index is -0.0198. The number of rotatable bonds is 8. The minimum absolute atomic E-state index is 0.0198. The smallest absolute Gasteiger partial charge is 0.321 e. The highest BCUT2D eigenvalue weighted by Crippen LogP contribution is 2.23. The number of ether oxygens (including phenoxy) is 1. The third kappa shape index (κ3) is 5.99. The van der Waals surface area contributed by atoms with Crippen LogP contribution in [0.5, 0.6) is 5.75 Å². The Bertz CT molecular complexity index is 761. The lowest BCUT2D eigenvalue weighted by Gasteiger charge is -2.32. The number of nitrogens with zero attached hydrogens (tertiary/aromatic N) is 3. The second-order valence-corrected chi connectivity index (χ2v) is 8.18. The van der Waals surface area contributed by atoms with E-state index in [0.29, 0.717) is 11.8 Å². The number of benzene rings is 1. The minimum Gasteiger partial charge on any atom is -0.494 e. The molecule has 0 unspecified atom stereocenters. The number of carbonyl (C=O) groups is 1. The van der Waals surface area contributed by atoms with E-state index in [-0.39, 0.29) is 6.03 Å². The number of amides is 2. The molecule has 0 atom stereocenters. The van der Waals surface area contributed by atoms with Gasteiger partial charge in [-0.15, -0.1) is 0 Å². The van der Waals surface area contributed by atoms with Gasteiger partial charge in [-0.2, -0.15) is 0 Å². The quantitative estimate of drug-likeness (QED) is 0.627. The first kappa shape index (κ1) is 21.2. The molecular weight excluding hydrogens is 364 g/mol. The fourth-order valence-corrected chi connectivity index (χ4v) is 3.74. The number of likely N-dealkylation sites (tertiary alicyclic amines) is 1. The Morgan fingerprint density at radius 2 is 1.97 bits per heavy atom. The summed E-state index contributed by atoms with van der Waals surface area (Å²) in [6.07, 6.45) is 8.17. The lowest BCUT2D eigenvalue weighted by atomic mass is 9.96. The number of urea groups is 1. The van der Waals surface area contributed by atoms with Crippen LogP contribution in [0, 0.1) is 5.92 Å². The highest BCUT2D eigenvalue weighted by Gasteiger charge is 2.24. The van der Waals surface area contributed by atoms with Gasteiger partial charge in [0.2, 0.25) is 0 Å². The van der Waals surface area contributed by atoms with Crippen molar-refractivity contribution in [2.45, 2.75) is 58.9 Å². The number of anilines is 1. The van der Waals surface area contributed by atoms with E-state index < -0.39 is 0 Å². The second-order valence-electron chi connectivity index (χ2n) is 8.18. The molecule has 6 heteroatoms. The first-order valence-electron chi connectivity index (χ1n) is 10.9. The van der Waals surface area contributed by atoms with Crippen LogP contribution in [0.15, 0.2) is 36.7 Å². The molecule has 1 aromatic heterocycles. The SMILES string of the molecule is CCCCOc1ccc(NC(=O)N2CCC(Cn3ccnc3C(C)C)CC2)cc1. The number of aromatic nitrogens is 2. The van der Waals surface area contributed by atoms with Gasteiger partial charge < -0.3 is 19.5 Å². The molecule has 3 rings (SSSR count). The Morgan fingerprint density at radius 1 is 1.24 bits per heavy atom. The van der Waals surface area contributed by atoms with Crippen LogP contribution in [0.1, 0.15) is 58.2 Å². The molecule has 0 bridgehead atoms. The molecule has 2 aromatic rings. The van der Waals surface area contributed by atoms with Crippen molar-refractivity contribution in [1.82, 2.24) is 14.5 Å². The predicted octanol–water partition coefficient (Wildman–Crippen LogP) is 5.13. The molecule has 0 spiro atoms. The monoisotopic (exact) mass is 398 g/mol. The van der Waals surface area contributed by atoms with E-state index in [1.54, 1.807) is 0 Å². The molecule has 2 amide bonds. The van der Waals surface area contributed by atoms with Crippen molar-refractivity contribution in [2.24, 2.45) is 5.92 Å². The first-order valence-corrected chi connectivity index (χ1v) is 10.9. The summed E-state index contributed by atoms with van der Waals surface area (Å²) in [5.74, 6) is 3.01. The van der Waals surface area contributed by atoms with Gasteiger partial charge in [-0.1, -0.05) is 27.2 Å². The normalized spacial score (nSPS) is 15.0. The van der Waals surface area contributed by atoms with Crippen LogP contribution in [0.3, 0.4) is 0 Å². The van der Waals surface area contributed by atoms with E-state index in [2.05, 4.69) is 41.8 Å². The lowest BCUT2D eigenvalue weighted by Crippen LogP contribution is -2.41.